The first-order valence-corrected chi connectivity index (χ1v) is 3.94. The fourth-order valence-corrected chi connectivity index (χ4v) is 0.449. The van der Waals surface area contributed by atoms with E-state index in [-0.39, 0.29) is 7.33 Å². The molecule has 0 aromatic carbocycles. The van der Waals surface area contributed by atoms with Crippen LogP contribution in [0.5, 0.6) is 0 Å². The van der Waals surface area contributed by atoms with Crippen molar-refractivity contribution in [3.63, 3.8) is 0 Å². The van der Waals surface area contributed by atoms with Crippen molar-refractivity contribution < 1.29 is 6.22 Å². The van der Waals surface area contributed by atoms with Crippen LogP contribution in [0, 0.1) is 0 Å². The van der Waals surface area contributed by atoms with Gasteiger partial charge in [0.1, 0.15) is 0 Å². The van der Waals surface area contributed by atoms with Gasteiger partial charge < -0.3 is 5.32 Å². The molecule has 0 aromatic rings. The van der Waals surface area contributed by atoms with Crippen LogP contribution in [0.3, 0.4) is 0 Å². The van der Waals surface area contributed by atoms with Gasteiger partial charge in [-0.2, -0.15) is 0 Å². The zero-order valence-corrected chi connectivity index (χ0v) is 7.69. The lowest BCUT2D eigenvalue weighted by Gasteiger charge is -2.07. The number of amides is 1. The normalized spacial score (nSPS) is 10.9. The maximum absolute atomic E-state index is 10.3. The molecule has 1 N–H and O–H groups in total. The highest BCUT2D eigenvalue weighted by Gasteiger charge is 1.96. The van der Waals surface area contributed by atoms with Crippen molar-refractivity contribution in [3.8, 4) is 0 Å². The van der Waals surface area contributed by atoms with Crippen molar-refractivity contribution in [2.75, 3.05) is 0 Å². The quantitative estimate of drug-likeness (QED) is 0.637. The van der Waals surface area contributed by atoms with Crippen molar-refractivity contribution in [2.45, 2.75) is 47.1 Å². The molecule has 0 aliphatic rings. The standard InChI is InChI=1S/C6H13NO.C2H6.H2/c1-4-5(2)7-6(3)8;1-2;/h5H,4H2,1-3H3,(H,7,8);1-2H3;1H/t5-;;/m0../s1. The van der Waals surface area contributed by atoms with E-state index < -0.39 is 0 Å². The second-order valence-corrected chi connectivity index (χ2v) is 2.01. The summed E-state index contributed by atoms with van der Waals surface area (Å²) < 4.78 is 0. The first-order chi connectivity index (χ1) is 4.66. The molecule has 0 saturated carbocycles. The molecule has 0 saturated heterocycles. The Morgan fingerprint density at radius 3 is 2.10 bits per heavy atom. The molecule has 0 heterocycles. The van der Waals surface area contributed by atoms with Gasteiger partial charge >= 0.3 is 0 Å². The van der Waals surface area contributed by atoms with E-state index in [1.54, 1.807) is 0 Å². The van der Waals surface area contributed by atoms with Gasteiger partial charge in [-0.1, -0.05) is 20.8 Å². The summed E-state index contributed by atoms with van der Waals surface area (Å²) in [5.41, 5.74) is 0. The van der Waals surface area contributed by atoms with Crippen molar-refractivity contribution >= 4 is 5.91 Å². The summed E-state index contributed by atoms with van der Waals surface area (Å²) in [4.78, 5) is 10.3. The zero-order valence-electron chi connectivity index (χ0n) is 7.69. The molecule has 0 spiro atoms. The average Bonchev–Trinajstić information content (AvgIpc) is 1.91. The van der Waals surface area contributed by atoms with Crippen LogP contribution in [0.1, 0.15) is 42.5 Å². The van der Waals surface area contributed by atoms with E-state index in [1.165, 1.54) is 6.92 Å². The molecule has 0 aromatic heterocycles. The SMILES string of the molecule is CC.CC[C@H](C)NC(C)=O.[HH]. The summed E-state index contributed by atoms with van der Waals surface area (Å²) in [5.74, 6) is 0.0550. The van der Waals surface area contributed by atoms with Crippen LogP contribution in [0.2, 0.25) is 0 Å². The molecule has 0 unspecified atom stereocenters. The predicted molar refractivity (Wildman–Crippen MR) is 47.0 cm³/mol. The minimum Gasteiger partial charge on any atom is -0.354 e. The maximum atomic E-state index is 10.3. The van der Waals surface area contributed by atoms with Crippen LogP contribution < -0.4 is 5.32 Å². The number of hydrogen-bond acceptors (Lipinski definition) is 1. The van der Waals surface area contributed by atoms with E-state index in [1.807, 2.05) is 27.7 Å². The lowest BCUT2D eigenvalue weighted by molar-refractivity contribution is -0.119. The van der Waals surface area contributed by atoms with Gasteiger partial charge in [-0.3, -0.25) is 4.79 Å². The number of nitrogens with one attached hydrogen (secondary N) is 1. The van der Waals surface area contributed by atoms with Crippen LogP contribution >= 0.6 is 0 Å². The van der Waals surface area contributed by atoms with E-state index >= 15 is 0 Å². The molecular formula is C8H21NO. The Bertz CT molecular complexity index is 86.2. The Kier molecular flexibility index (Phi) is 10.3. The molecule has 0 rings (SSSR count). The van der Waals surface area contributed by atoms with E-state index in [0.29, 0.717) is 6.04 Å². The second kappa shape index (κ2) is 8.47. The highest BCUT2D eigenvalue weighted by Crippen LogP contribution is 1.85. The minimum atomic E-state index is 0. The summed E-state index contributed by atoms with van der Waals surface area (Å²) >= 11 is 0. The van der Waals surface area contributed by atoms with Crippen LogP contribution in [0.15, 0.2) is 0 Å². The molecule has 2 nitrogen and oxygen atoms in total. The second-order valence-electron chi connectivity index (χ2n) is 2.01. The summed E-state index contributed by atoms with van der Waals surface area (Å²) in [6.07, 6.45) is 1.000. The number of hydrogen-bond donors (Lipinski definition) is 1. The molecule has 64 valence electrons. The van der Waals surface area contributed by atoms with Gasteiger partial charge in [-0.15, -0.1) is 0 Å². The van der Waals surface area contributed by atoms with E-state index in [2.05, 4.69) is 5.32 Å². The number of carbonyl (C=O) groups is 1. The average molecular weight is 147 g/mol. The van der Waals surface area contributed by atoms with Gasteiger partial charge in [-0.25, -0.2) is 0 Å². The summed E-state index contributed by atoms with van der Waals surface area (Å²) in [6.45, 7) is 9.56. The van der Waals surface area contributed by atoms with Gasteiger partial charge in [0, 0.05) is 14.4 Å². The summed E-state index contributed by atoms with van der Waals surface area (Å²) in [7, 11) is 0. The van der Waals surface area contributed by atoms with Crippen LogP contribution in [-0.4, -0.2) is 11.9 Å². The van der Waals surface area contributed by atoms with Gasteiger partial charge in [0.05, 0.1) is 0 Å². The Morgan fingerprint density at radius 1 is 1.60 bits per heavy atom. The van der Waals surface area contributed by atoms with Gasteiger partial charge in [-0.05, 0) is 13.3 Å². The lowest BCUT2D eigenvalue weighted by atomic mass is 10.3. The van der Waals surface area contributed by atoms with Crippen molar-refractivity contribution in [1.82, 2.24) is 5.32 Å². The highest BCUT2D eigenvalue weighted by molar-refractivity contribution is 5.73. The third kappa shape index (κ3) is 10.5. The largest absolute Gasteiger partial charge is 0.354 e. The first-order valence-electron chi connectivity index (χ1n) is 3.94. The van der Waals surface area contributed by atoms with Crippen molar-refractivity contribution in [2.24, 2.45) is 0 Å². The Balaban J connectivity index is -0.000000196. The van der Waals surface area contributed by atoms with Crippen molar-refractivity contribution in [1.29, 1.82) is 0 Å². The zero-order chi connectivity index (χ0) is 8.57. The van der Waals surface area contributed by atoms with E-state index in [4.69, 9.17) is 0 Å². The third-order valence-corrected chi connectivity index (χ3v) is 1.06. The van der Waals surface area contributed by atoms with E-state index in [0.717, 1.165) is 6.42 Å². The Labute approximate surface area is 65.5 Å². The topological polar surface area (TPSA) is 29.1 Å². The molecule has 0 fully saturated rings. The lowest BCUT2D eigenvalue weighted by Crippen LogP contribution is -2.29. The molecular weight excluding hydrogens is 126 g/mol. The first kappa shape index (κ1) is 12.2. The van der Waals surface area contributed by atoms with Crippen molar-refractivity contribution in [3.05, 3.63) is 0 Å². The van der Waals surface area contributed by atoms with E-state index in [9.17, 15) is 4.79 Å². The minimum absolute atomic E-state index is 0. The smallest absolute Gasteiger partial charge is 0.217 e. The maximum Gasteiger partial charge on any atom is 0.217 e. The van der Waals surface area contributed by atoms with Gasteiger partial charge in [0.15, 0.2) is 0 Å². The number of rotatable bonds is 2. The third-order valence-electron chi connectivity index (χ3n) is 1.06. The van der Waals surface area contributed by atoms with Gasteiger partial charge in [0.25, 0.3) is 0 Å². The fraction of sp³-hybridized carbons (Fsp3) is 0.875. The summed E-state index contributed by atoms with van der Waals surface area (Å²) in [5, 5.41) is 2.75. The van der Waals surface area contributed by atoms with Gasteiger partial charge in [0.2, 0.25) is 5.91 Å². The molecule has 2 heteroatoms. The highest BCUT2D eigenvalue weighted by atomic mass is 16.1. The molecule has 0 radical (unpaired) electrons. The van der Waals surface area contributed by atoms with Crippen LogP contribution in [-0.2, 0) is 4.79 Å². The van der Waals surface area contributed by atoms with Crippen LogP contribution in [0.4, 0.5) is 0 Å². The molecule has 1 amide bonds. The Morgan fingerprint density at radius 2 is 2.00 bits per heavy atom. The predicted octanol–water partition coefficient (Wildman–Crippen LogP) is 2.19. The molecule has 0 aliphatic heterocycles. The summed E-state index contributed by atoms with van der Waals surface area (Å²) in [6, 6.07) is 0.326. The molecule has 0 bridgehead atoms. The fourth-order valence-electron chi connectivity index (χ4n) is 0.449. The van der Waals surface area contributed by atoms with Crippen LogP contribution in [0.25, 0.3) is 0 Å². The monoisotopic (exact) mass is 147 g/mol. The Hall–Kier alpha value is -0.530. The molecule has 10 heavy (non-hydrogen) atoms. The molecule has 0 aliphatic carbocycles. The molecule has 1 atom stereocenters. The number of carbonyl (C=O) groups excluding carboxylic acids is 1.